The SMILES string of the molecule is CCOC(=O)c1s/c(=N\N=c2\sc(C(=O)OCC)c(C)n2C)n(C)c1C. The molecule has 26 heavy (non-hydrogen) atoms. The molecule has 0 unspecified atom stereocenters. The van der Waals surface area contributed by atoms with E-state index in [4.69, 9.17) is 9.47 Å². The van der Waals surface area contributed by atoms with Gasteiger partial charge in [-0.05, 0) is 27.7 Å². The highest BCUT2D eigenvalue weighted by Crippen LogP contribution is 2.13. The largest absolute Gasteiger partial charge is 0.462 e. The Labute approximate surface area is 159 Å². The molecule has 2 rings (SSSR count). The molecule has 0 fully saturated rings. The monoisotopic (exact) mass is 398 g/mol. The summed E-state index contributed by atoms with van der Waals surface area (Å²) in [5, 5.41) is 8.51. The standard InChI is InChI=1S/C16H22N4O4S2/c1-7-23-13(21)11-9(3)19(5)15(25-11)17-18-16-20(6)10(4)12(26-16)14(22)24-8-2/h7-8H2,1-6H3/b17-15-,18-16+. The van der Waals surface area contributed by atoms with E-state index >= 15 is 0 Å². The highest BCUT2D eigenvalue weighted by molar-refractivity contribution is 7.11. The number of hydrogen-bond acceptors (Lipinski definition) is 8. The van der Waals surface area contributed by atoms with E-state index in [1.165, 1.54) is 22.7 Å². The fourth-order valence-corrected chi connectivity index (χ4v) is 4.02. The molecule has 10 heteroatoms. The topological polar surface area (TPSA) is 87.2 Å². The molecule has 2 heterocycles. The van der Waals surface area contributed by atoms with Crippen molar-refractivity contribution in [2.45, 2.75) is 27.7 Å². The van der Waals surface area contributed by atoms with Gasteiger partial charge in [0.25, 0.3) is 0 Å². The minimum atomic E-state index is -0.367. The Morgan fingerprint density at radius 2 is 1.19 bits per heavy atom. The molecule has 2 aromatic rings. The molecule has 0 aliphatic carbocycles. The van der Waals surface area contributed by atoms with Crippen molar-refractivity contribution in [3.05, 3.63) is 30.7 Å². The molecular formula is C16H22N4O4S2. The van der Waals surface area contributed by atoms with Crippen LogP contribution in [0.4, 0.5) is 0 Å². The molecule has 0 aliphatic rings. The second-order valence-electron chi connectivity index (χ2n) is 5.36. The molecule has 2 aromatic heterocycles. The highest BCUT2D eigenvalue weighted by atomic mass is 32.1. The number of carbonyl (C=O) groups excluding carboxylic acids is 2. The van der Waals surface area contributed by atoms with E-state index in [0.29, 0.717) is 32.6 Å². The zero-order valence-electron chi connectivity index (χ0n) is 15.7. The van der Waals surface area contributed by atoms with E-state index in [9.17, 15) is 9.59 Å². The quantitative estimate of drug-likeness (QED) is 0.568. The van der Waals surface area contributed by atoms with Crippen LogP contribution >= 0.6 is 22.7 Å². The van der Waals surface area contributed by atoms with Gasteiger partial charge in [0.1, 0.15) is 9.75 Å². The summed E-state index contributed by atoms with van der Waals surface area (Å²) < 4.78 is 13.7. The second-order valence-corrected chi connectivity index (χ2v) is 7.31. The maximum Gasteiger partial charge on any atom is 0.350 e. The minimum absolute atomic E-state index is 0.317. The summed E-state index contributed by atoms with van der Waals surface area (Å²) in [5.41, 5.74) is 1.53. The Bertz CT molecular complexity index is 884. The lowest BCUT2D eigenvalue weighted by Crippen LogP contribution is -2.14. The predicted octanol–water partition coefficient (Wildman–Crippen LogP) is 1.87. The van der Waals surface area contributed by atoms with E-state index in [0.717, 1.165) is 11.4 Å². The van der Waals surface area contributed by atoms with Gasteiger partial charge in [-0.3, -0.25) is 0 Å². The molecule has 0 aliphatic heterocycles. The van der Waals surface area contributed by atoms with E-state index < -0.39 is 0 Å². The molecule has 8 nitrogen and oxygen atoms in total. The van der Waals surface area contributed by atoms with Crippen LogP contribution in [0.5, 0.6) is 0 Å². The van der Waals surface area contributed by atoms with Crippen molar-refractivity contribution in [2.75, 3.05) is 13.2 Å². The number of hydrogen-bond donors (Lipinski definition) is 0. The third kappa shape index (κ3) is 3.96. The van der Waals surface area contributed by atoms with Crippen molar-refractivity contribution in [3.8, 4) is 0 Å². The first-order valence-corrected chi connectivity index (χ1v) is 9.69. The summed E-state index contributed by atoms with van der Waals surface area (Å²) in [5.74, 6) is -0.733. The molecule has 0 N–H and O–H groups in total. The fraction of sp³-hybridized carbons (Fsp3) is 0.500. The Balaban J connectivity index is 2.49. The smallest absolute Gasteiger partial charge is 0.350 e. The number of rotatable bonds is 5. The number of nitrogens with zero attached hydrogens (tertiary/aromatic N) is 4. The molecule has 0 saturated heterocycles. The lowest BCUT2D eigenvalue weighted by molar-refractivity contribution is 0.0520. The van der Waals surface area contributed by atoms with Crippen molar-refractivity contribution in [1.29, 1.82) is 0 Å². The average Bonchev–Trinajstić information content (AvgIpc) is 3.05. The van der Waals surface area contributed by atoms with Crippen LogP contribution < -0.4 is 9.60 Å². The molecule has 142 valence electrons. The van der Waals surface area contributed by atoms with Crippen LogP contribution in [0, 0.1) is 13.8 Å². The maximum absolute atomic E-state index is 12.0. The predicted molar refractivity (Wildman–Crippen MR) is 99.1 cm³/mol. The van der Waals surface area contributed by atoms with Gasteiger partial charge in [-0.2, -0.15) is 0 Å². The van der Waals surface area contributed by atoms with Crippen molar-refractivity contribution < 1.29 is 19.1 Å². The van der Waals surface area contributed by atoms with Crippen molar-refractivity contribution in [1.82, 2.24) is 9.13 Å². The lowest BCUT2D eigenvalue weighted by Gasteiger charge is -2.00. The van der Waals surface area contributed by atoms with Crippen molar-refractivity contribution in [2.24, 2.45) is 24.3 Å². The van der Waals surface area contributed by atoms with Crippen LogP contribution in [-0.2, 0) is 23.6 Å². The summed E-state index contributed by atoms with van der Waals surface area (Å²) in [6.07, 6.45) is 0. The first kappa shape index (κ1) is 20.1. The van der Waals surface area contributed by atoms with Crippen LogP contribution in [0.1, 0.15) is 44.6 Å². The Hall–Kier alpha value is -2.20. The van der Waals surface area contributed by atoms with E-state index in [2.05, 4.69) is 10.2 Å². The zero-order chi connectivity index (χ0) is 19.4. The zero-order valence-corrected chi connectivity index (χ0v) is 17.3. The lowest BCUT2D eigenvalue weighted by atomic mass is 10.4. The van der Waals surface area contributed by atoms with Gasteiger partial charge in [-0.15, -0.1) is 10.2 Å². The third-order valence-electron chi connectivity index (χ3n) is 3.77. The number of carbonyl (C=O) groups is 2. The van der Waals surface area contributed by atoms with E-state index in [-0.39, 0.29) is 11.9 Å². The first-order valence-electron chi connectivity index (χ1n) is 8.06. The van der Waals surface area contributed by atoms with Crippen molar-refractivity contribution >= 4 is 34.6 Å². The number of esters is 2. The molecule has 0 saturated carbocycles. The average molecular weight is 399 g/mol. The summed E-state index contributed by atoms with van der Waals surface area (Å²) in [6.45, 7) is 7.82. The van der Waals surface area contributed by atoms with Crippen LogP contribution in [0.2, 0.25) is 0 Å². The van der Waals surface area contributed by atoms with Gasteiger partial charge >= 0.3 is 11.9 Å². The van der Waals surface area contributed by atoms with Crippen LogP contribution in [-0.4, -0.2) is 34.3 Å². The van der Waals surface area contributed by atoms with Gasteiger partial charge in [0.2, 0.25) is 9.60 Å². The van der Waals surface area contributed by atoms with E-state index in [1.807, 2.05) is 27.9 Å². The van der Waals surface area contributed by atoms with Gasteiger partial charge < -0.3 is 18.6 Å². The summed E-state index contributed by atoms with van der Waals surface area (Å²) in [6, 6.07) is 0. The van der Waals surface area contributed by atoms with E-state index in [1.54, 1.807) is 23.0 Å². The molecule has 0 bridgehead atoms. The van der Waals surface area contributed by atoms with Gasteiger partial charge in [-0.1, -0.05) is 22.7 Å². The van der Waals surface area contributed by atoms with Crippen LogP contribution in [0.25, 0.3) is 0 Å². The fourth-order valence-electron chi connectivity index (χ4n) is 2.09. The number of thiazole rings is 2. The molecule has 0 radical (unpaired) electrons. The molecule has 0 aromatic carbocycles. The Kier molecular flexibility index (Phi) is 6.54. The normalized spacial score (nSPS) is 12.5. The third-order valence-corrected chi connectivity index (χ3v) is 6.18. The number of ether oxygens (including phenoxy) is 2. The van der Waals surface area contributed by atoms with Gasteiger partial charge in [-0.25, -0.2) is 9.59 Å². The molecule has 0 spiro atoms. The van der Waals surface area contributed by atoms with Gasteiger partial charge in [0.05, 0.1) is 13.2 Å². The van der Waals surface area contributed by atoms with Crippen LogP contribution in [0.3, 0.4) is 0 Å². The Morgan fingerprint density at radius 1 is 0.846 bits per heavy atom. The van der Waals surface area contributed by atoms with Crippen molar-refractivity contribution in [3.63, 3.8) is 0 Å². The summed E-state index contributed by atoms with van der Waals surface area (Å²) in [4.78, 5) is 26.1. The summed E-state index contributed by atoms with van der Waals surface area (Å²) in [7, 11) is 3.62. The molecule has 0 amide bonds. The minimum Gasteiger partial charge on any atom is -0.462 e. The highest BCUT2D eigenvalue weighted by Gasteiger charge is 2.17. The Morgan fingerprint density at radius 3 is 1.50 bits per heavy atom. The maximum atomic E-state index is 12.0. The molecule has 0 atom stereocenters. The molecular weight excluding hydrogens is 376 g/mol. The van der Waals surface area contributed by atoms with Gasteiger partial charge in [0, 0.05) is 25.5 Å². The summed E-state index contributed by atoms with van der Waals surface area (Å²) >= 11 is 2.43. The van der Waals surface area contributed by atoms with Crippen LogP contribution in [0.15, 0.2) is 10.2 Å². The second kappa shape index (κ2) is 8.45. The van der Waals surface area contributed by atoms with Gasteiger partial charge in [0.15, 0.2) is 0 Å². The number of aromatic nitrogens is 2. The first-order chi connectivity index (χ1) is 12.3.